The molecule has 0 saturated heterocycles. The van der Waals surface area contributed by atoms with Crippen molar-refractivity contribution < 1.29 is 23.7 Å². The highest BCUT2D eigenvalue weighted by Gasteiger charge is 2.11. The summed E-state index contributed by atoms with van der Waals surface area (Å²) in [6.45, 7) is 7.07. The fraction of sp³-hybridized carbons (Fsp3) is 0.364. The van der Waals surface area contributed by atoms with Gasteiger partial charge < -0.3 is 18.9 Å². The molecule has 0 bridgehead atoms. The zero-order valence-electron chi connectivity index (χ0n) is 17.7. The predicted molar refractivity (Wildman–Crippen MR) is 117 cm³/mol. The zero-order chi connectivity index (χ0) is 21.9. The molecule has 0 fully saturated rings. The average molecular weight is 435 g/mol. The Morgan fingerprint density at radius 1 is 1.07 bits per heavy atom. The van der Waals surface area contributed by atoms with E-state index >= 15 is 0 Å². The van der Waals surface area contributed by atoms with Gasteiger partial charge in [-0.1, -0.05) is 17.7 Å². The molecule has 30 heavy (non-hydrogen) atoms. The second-order valence-electron chi connectivity index (χ2n) is 6.52. The van der Waals surface area contributed by atoms with Crippen LogP contribution in [0.3, 0.4) is 0 Å². The molecule has 0 saturated carbocycles. The maximum absolute atomic E-state index is 10.9. The SMILES string of the molecule is COc1cc(/C=N\NC(C)=O)cc(Cl)c1OCCOCCOc1ccc(C)c(C)c1. The van der Waals surface area contributed by atoms with E-state index in [1.54, 1.807) is 12.1 Å². The molecule has 0 aliphatic carbocycles. The number of hydrazone groups is 1. The molecule has 0 radical (unpaired) electrons. The van der Waals surface area contributed by atoms with E-state index in [1.165, 1.54) is 31.4 Å². The van der Waals surface area contributed by atoms with Crippen molar-refractivity contribution in [3.63, 3.8) is 0 Å². The molecule has 0 aliphatic rings. The minimum atomic E-state index is -0.261. The normalized spacial score (nSPS) is 10.8. The van der Waals surface area contributed by atoms with E-state index < -0.39 is 0 Å². The Kier molecular flexibility index (Phi) is 9.44. The first-order valence-electron chi connectivity index (χ1n) is 9.48. The maximum Gasteiger partial charge on any atom is 0.236 e. The number of rotatable bonds is 11. The van der Waals surface area contributed by atoms with Gasteiger partial charge in [0, 0.05) is 6.92 Å². The van der Waals surface area contributed by atoms with Crippen molar-refractivity contribution in [2.45, 2.75) is 20.8 Å². The Morgan fingerprint density at radius 2 is 1.80 bits per heavy atom. The molecule has 1 N–H and O–H groups in total. The average Bonchev–Trinajstić information content (AvgIpc) is 2.70. The van der Waals surface area contributed by atoms with E-state index in [0.717, 1.165) is 5.75 Å². The molecule has 2 rings (SSSR count). The smallest absolute Gasteiger partial charge is 0.236 e. The van der Waals surface area contributed by atoms with Gasteiger partial charge in [0.05, 0.1) is 31.6 Å². The minimum Gasteiger partial charge on any atom is -0.493 e. The molecular formula is C22H27ClN2O5. The molecule has 2 aromatic carbocycles. The summed E-state index contributed by atoms with van der Waals surface area (Å²) in [6, 6.07) is 9.38. The summed E-state index contributed by atoms with van der Waals surface area (Å²) in [5.41, 5.74) is 5.42. The van der Waals surface area contributed by atoms with Crippen molar-refractivity contribution in [2.75, 3.05) is 33.5 Å². The number of carbonyl (C=O) groups excluding carboxylic acids is 1. The quantitative estimate of drug-likeness (QED) is 0.329. The second-order valence-corrected chi connectivity index (χ2v) is 6.92. The Balaban J connectivity index is 1.76. The van der Waals surface area contributed by atoms with Crippen LogP contribution in [0.15, 0.2) is 35.4 Å². The van der Waals surface area contributed by atoms with E-state index in [-0.39, 0.29) is 5.91 Å². The Morgan fingerprint density at radius 3 is 2.47 bits per heavy atom. The number of nitrogens with one attached hydrogen (secondary N) is 1. The van der Waals surface area contributed by atoms with Gasteiger partial charge in [-0.25, -0.2) is 5.43 Å². The third-order valence-electron chi connectivity index (χ3n) is 4.14. The van der Waals surface area contributed by atoms with Gasteiger partial charge in [-0.2, -0.15) is 5.10 Å². The highest BCUT2D eigenvalue weighted by Crippen LogP contribution is 2.36. The predicted octanol–water partition coefficient (Wildman–Crippen LogP) is 3.91. The molecule has 1 amide bonds. The van der Waals surface area contributed by atoms with Crippen LogP contribution >= 0.6 is 11.6 Å². The lowest BCUT2D eigenvalue weighted by molar-refractivity contribution is -0.118. The molecule has 7 nitrogen and oxygen atoms in total. The van der Waals surface area contributed by atoms with Crippen LogP contribution in [0.25, 0.3) is 0 Å². The summed E-state index contributed by atoms with van der Waals surface area (Å²) < 4.78 is 22.3. The molecule has 0 spiro atoms. The fourth-order valence-corrected chi connectivity index (χ4v) is 2.75. The lowest BCUT2D eigenvalue weighted by Gasteiger charge is -2.13. The minimum absolute atomic E-state index is 0.261. The van der Waals surface area contributed by atoms with Crippen molar-refractivity contribution in [1.82, 2.24) is 5.43 Å². The summed E-state index contributed by atoms with van der Waals surface area (Å²) in [6.07, 6.45) is 1.47. The maximum atomic E-state index is 10.9. The first kappa shape index (κ1) is 23.5. The summed E-state index contributed by atoms with van der Waals surface area (Å²) in [5.74, 6) is 1.45. The molecule has 0 heterocycles. The molecule has 0 unspecified atom stereocenters. The molecule has 2 aromatic rings. The Hall–Kier alpha value is -2.77. The molecule has 0 aliphatic heterocycles. The van der Waals surface area contributed by atoms with E-state index in [9.17, 15) is 4.79 Å². The number of carbonyl (C=O) groups is 1. The topological polar surface area (TPSA) is 78.4 Å². The lowest BCUT2D eigenvalue weighted by atomic mass is 10.1. The van der Waals surface area contributed by atoms with Crippen LogP contribution in [0.4, 0.5) is 0 Å². The highest BCUT2D eigenvalue weighted by molar-refractivity contribution is 6.32. The van der Waals surface area contributed by atoms with Crippen molar-refractivity contribution >= 4 is 23.7 Å². The van der Waals surface area contributed by atoms with Gasteiger partial charge in [-0.3, -0.25) is 4.79 Å². The lowest BCUT2D eigenvalue weighted by Crippen LogP contribution is -2.13. The third-order valence-corrected chi connectivity index (χ3v) is 4.42. The third kappa shape index (κ3) is 7.57. The Bertz CT molecular complexity index is 886. The molecule has 0 aromatic heterocycles. The van der Waals surface area contributed by atoms with Crippen LogP contribution < -0.4 is 19.6 Å². The fourth-order valence-electron chi connectivity index (χ4n) is 2.48. The van der Waals surface area contributed by atoms with Gasteiger partial charge in [0.2, 0.25) is 5.91 Å². The summed E-state index contributed by atoms with van der Waals surface area (Å²) in [7, 11) is 1.52. The first-order chi connectivity index (χ1) is 14.4. The molecule has 162 valence electrons. The number of amides is 1. The van der Waals surface area contributed by atoms with Gasteiger partial charge in [0.15, 0.2) is 11.5 Å². The van der Waals surface area contributed by atoms with Crippen LogP contribution in [-0.2, 0) is 9.53 Å². The van der Waals surface area contributed by atoms with Crippen molar-refractivity contribution in [1.29, 1.82) is 0 Å². The van der Waals surface area contributed by atoms with E-state index in [1.807, 2.05) is 18.2 Å². The summed E-state index contributed by atoms with van der Waals surface area (Å²) in [4.78, 5) is 10.9. The largest absolute Gasteiger partial charge is 0.493 e. The van der Waals surface area contributed by atoms with Gasteiger partial charge in [0.1, 0.15) is 19.0 Å². The van der Waals surface area contributed by atoms with Crippen LogP contribution in [0.1, 0.15) is 23.6 Å². The van der Waals surface area contributed by atoms with Crippen LogP contribution in [0.2, 0.25) is 5.02 Å². The number of methoxy groups -OCH3 is 1. The van der Waals surface area contributed by atoms with Crippen molar-refractivity contribution in [3.05, 3.63) is 52.0 Å². The van der Waals surface area contributed by atoms with E-state index in [2.05, 4.69) is 24.4 Å². The standard InChI is InChI=1S/C22H27ClN2O5/c1-15-5-6-19(11-16(15)2)29-9-7-28-8-10-30-22-20(23)12-18(13-21(22)27-4)14-24-25-17(3)26/h5-6,11-14H,7-10H2,1-4H3,(H,25,26)/b24-14-. The molecule has 8 heteroatoms. The summed E-state index contributed by atoms with van der Waals surface area (Å²) in [5, 5.41) is 4.18. The number of ether oxygens (including phenoxy) is 4. The van der Waals surface area contributed by atoms with Crippen molar-refractivity contribution in [3.8, 4) is 17.2 Å². The van der Waals surface area contributed by atoms with Gasteiger partial charge >= 0.3 is 0 Å². The van der Waals surface area contributed by atoms with E-state index in [4.69, 9.17) is 30.5 Å². The highest BCUT2D eigenvalue weighted by atomic mass is 35.5. The van der Waals surface area contributed by atoms with Crippen LogP contribution in [0, 0.1) is 13.8 Å². The monoisotopic (exact) mass is 434 g/mol. The summed E-state index contributed by atoms with van der Waals surface area (Å²) >= 11 is 6.29. The first-order valence-corrected chi connectivity index (χ1v) is 9.86. The number of hydrogen-bond donors (Lipinski definition) is 1. The number of benzene rings is 2. The second kappa shape index (κ2) is 12.0. The van der Waals surface area contributed by atoms with Gasteiger partial charge in [-0.15, -0.1) is 0 Å². The number of nitrogens with zero attached hydrogens (tertiary/aromatic N) is 1. The molecule has 0 atom stereocenters. The van der Waals surface area contributed by atoms with Gasteiger partial charge in [-0.05, 0) is 54.8 Å². The van der Waals surface area contributed by atoms with Crippen molar-refractivity contribution in [2.24, 2.45) is 5.10 Å². The number of aryl methyl sites for hydroxylation is 2. The number of hydrogen-bond acceptors (Lipinski definition) is 6. The van der Waals surface area contributed by atoms with E-state index in [0.29, 0.717) is 48.5 Å². The molecular weight excluding hydrogens is 408 g/mol. The van der Waals surface area contributed by atoms with Gasteiger partial charge in [0.25, 0.3) is 0 Å². The Labute approximate surface area is 181 Å². The number of halogens is 1. The van der Waals surface area contributed by atoms with Crippen LogP contribution in [0.5, 0.6) is 17.2 Å². The zero-order valence-corrected chi connectivity index (χ0v) is 18.4. The van der Waals surface area contributed by atoms with Crippen LogP contribution in [-0.4, -0.2) is 45.7 Å².